The Labute approximate surface area is 201 Å². The third kappa shape index (κ3) is 5.44. The Morgan fingerprint density at radius 1 is 1.00 bits per heavy atom. The van der Waals surface area contributed by atoms with Gasteiger partial charge in [0.25, 0.3) is 0 Å². The fourth-order valence-corrected chi connectivity index (χ4v) is 5.27. The summed E-state index contributed by atoms with van der Waals surface area (Å²) in [5.74, 6) is 1.16. The number of ketones is 1. The molecule has 4 nitrogen and oxygen atoms in total. The van der Waals surface area contributed by atoms with E-state index in [-0.39, 0.29) is 21.8 Å². The van der Waals surface area contributed by atoms with Crippen LogP contribution < -0.4 is 9.16 Å². The van der Waals surface area contributed by atoms with Crippen molar-refractivity contribution in [3.8, 4) is 11.5 Å². The number of Topliss-reactive ketones (excluding diaryl/α,β-unsaturated/α-hetero) is 1. The van der Waals surface area contributed by atoms with Crippen LogP contribution in [0.3, 0.4) is 0 Å². The van der Waals surface area contributed by atoms with E-state index in [2.05, 4.69) is 59.8 Å². The van der Waals surface area contributed by atoms with Gasteiger partial charge in [-0.05, 0) is 65.9 Å². The Balaban J connectivity index is 1.76. The van der Waals surface area contributed by atoms with Crippen LogP contribution in [-0.2, 0) is 6.42 Å². The van der Waals surface area contributed by atoms with Crippen molar-refractivity contribution in [3.63, 3.8) is 0 Å². The molecule has 1 N–H and O–H groups in total. The minimum Gasteiger partial charge on any atom is -0.543 e. The number of hydrogen-bond donors (Lipinski definition) is 1. The van der Waals surface area contributed by atoms with Crippen LogP contribution in [-0.4, -0.2) is 33.8 Å². The first-order valence-electron chi connectivity index (χ1n) is 11.8. The van der Waals surface area contributed by atoms with Crippen molar-refractivity contribution in [2.24, 2.45) is 0 Å². The summed E-state index contributed by atoms with van der Waals surface area (Å²) in [5, 5.41) is -0.0252. The minimum absolute atomic E-state index is 0.0899. The zero-order chi connectivity index (χ0) is 24.8. The maximum absolute atomic E-state index is 13.3. The van der Waals surface area contributed by atoms with E-state index in [1.807, 2.05) is 43.4 Å². The average molecular weight is 485 g/mol. The lowest BCUT2D eigenvalue weighted by atomic mass is 9.88. The number of benzene rings is 2. The lowest BCUT2D eigenvalue weighted by molar-refractivity contribution is 0.0896. The van der Waals surface area contributed by atoms with Gasteiger partial charge in [-0.15, -0.1) is 0 Å². The highest BCUT2D eigenvalue weighted by Crippen LogP contribution is 2.41. The molecule has 0 bridgehead atoms. The molecule has 0 saturated carbocycles. The number of hydrogen-bond acceptors (Lipinski definition) is 4. The van der Waals surface area contributed by atoms with E-state index in [0.29, 0.717) is 17.9 Å². The van der Waals surface area contributed by atoms with Gasteiger partial charge in [-0.25, -0.2) is 0 Å². The molecule has 0 saturated heterocycles. The Kier molecular flexibility index (Phi) is 6.79. The molecule has 2 aromatic carbocycles. The van der Waals surface area contributed by atoms with Gasteiger partial charge in [-0.2, -0.15) is 0 Å². The van der Waals surface area contributed by atoms with Crippen LogP contribution in [0.15, 0.2) is 42.5 Å². The van der Waals surface area contributed by atoms with Crippen molar-refractivity contribution in [1.82, 2.24) is 0 Å². The van der Waals surface area contributed by atoms with Crippen molar-refractivity contribution in [3.05, 3.63) is 59.2 Å². The maximum atomic E-state index is 13.3. The second-order valence-corrected chi connectivity index (χ2v) is 21.3. The molecule has 1 atom stereocenters. The van der Waals surface area contributed by atoms with Crippen LogP contribution in [0.1, 0.15) is 62.0 Å². The van der Waals surface area contributed by atoms with Gasteiger partial charge < -0.3 is 14.0 Å². The first kappa shape index (κ1) is 25.7. The Morgan fingerprint density at radius 2 is 1.61 bits per heavy atom. The van der Waals surface area contributed by atoms with E-state index in [0.717, 1.165) is 17.7 Å². The van der Waals surface area contributed by atoms with Crippen LogP contribution in [0.25, 0.3) is 0 Å². The number of carbonyl (C=O) groups excluding carboxylic acids is 1. The molecule has 3 rings (SSSR count). The highest BCUT2D eigenvalue weighted by molar-refractivity contribution is 6.74. The number of rotatable bonds is 6. The summed E-state index contributed by atoms with van der Waals surface area (Å²) in [5.41, 5.74) is 2.76. The van der Waals surface area contributed by atoms with Crippen LogP contribution in [0.5, 0.6) is 11.5 Å². The Bertz CT molecular complexity index is 1010. The van der Waals surface area contributed by atoms with Crippen molar-refractivity contribution in [2.45, 2.75) is 83.2 Å². The van der Waals surface area contributed by atoms with Gasteiger partial charge in [0, 0.05) is 6.07 Å². The summed E-state index contributed by atoms with van der Waals surface area (Å²) in [4.78, 5) is 23.9. The predicted molar refractivity (Wildman–Crippen MR) is 141 cm³/mol. The summed E-state index contributed by atoms with van der Waals surface area (Å²) in [6, 6.07) is 13.8. The van der Waals surface area contributed by atoms with Gasteiger partial charge in [-0.1, -0.05) is 58.9 Å². The van der Waals surface area contributed by atoms with E-state index in [4.69, 9.17) is 9.16 Å². The molecule has 1 heterocycles. The van der Waals surface area contributed by atoms with Gasteiger partial charge in [-0.3, -0.25) is 4.79 Å². The van der Waals surface area contributed by atoms with Crippen LogP contribution in [0.4, 0.5) is 0 Å². The standard InChI is InChI=1S/C27H40O4Si2/c1-26(2,3)33(8,9)31-21-14-15-22-24(16-21)30-18-23(25(22)28)20-12-10-19(11-13-20)17-27(4,5)32(6,7)29/h10-16,23,29H,17-18H2,1-9H3. The molecule has 1 aliphatic rings. The van der Waals surface area contributed by atoms with Gasteiger partial charge in [0.05, 0.1) is 11.5 Å². The fourth-order valence-electron chi connectivity index (χ4n) is 3.62. The van der Waals surface area contributed by atoms with E-state index in [9.17, 15) is 9.59 Å². The molecule has 0 amide bonds. The molecule has 2 aromatic rings. The summed E-state index contributed by atoms with van der Waals surface area (Å²) in [7, 11) is -4.24. The van der Waals surface area contributed by atoms with Crippen LogP contribution in [0.2, 0.25) is 36.3 Å². The zero-order valence-corrected chi connectivity index (χ0v) is 23.7. The Hall–Kier alpha value is -1.90. The predicted octanol–water partition coefficient (Wildman–Crippen LogP) is 6.95. The molecule has 180 valence electrons. The van der Waals surface area contributed by atoms with Crippen molar-refractivity contribution in [2.75, 3.05) is 6.61 Å². The lowest BCUT2D eigenvalue weighted by Crippen LogP contribution is -2.43. The summed E-state index contributed by atoms with van der Waals surface area (Å²) in [6.07, 6.45) is 0.817. The average Bonchev–Trinajstić information content (AvgIpc) is 2.67. The second kappa shape index (κ2) is 8.71. The van der Waals surface area contributed by atoms with E-state index >= 15 is 0 Å². The van der Waals surface area contributed by atoms with E-state index < -0.39 is 16.6 Å². The molecule has 33 heavy (non-hydrogen) atoms. The first-order chi connectivity index (χ1) is 15.0. The zero-order valence-electron chi connectivity index (χ0n) is 21.7. The van der Waals surface area contributed by atoms with Gasteiger partial charge in [0.15, 0.2) is 14.1 Å². The number of ether oxygens (including phenoxy) is 1. The molecular formula is C27H40O4Si2. The molecule has 1 aliphatic heterocycles. The smallest absolute Gasteiger partial charge is 0.250 e. The van der Waals surface area contributed by atoms with Crippen molar-refractivity contribution in [1.29, 1.82) is 0 Å². The molecule has 6 heteroatoms. The maximum Gasteiger partial charge on any atom is 0.250 e. The molecule has 0 radical (unpaired) electrons. The van der Waals surface area contributed by atoms with Crippen molar-refractivity contribution >= 4 is 22.4 Å². The fraction of sp³-hybridized carbons (Fsp3) is 0.519. The van der Waals surface area contributed by atoms with Gasteiger partial charge >= 0.3 is 0 Å². The van der Waals surface area contributed by atoms with Crippen LogP contribution >= 0.6 is 0 Å². The second-order valence-electron chi connectivity index (χ2n) is 12.1. The summed E-state index contributed by atoms with van der Waals surface area (Å²) in [6.45, 7) is 19.6. The largest absolute Gasteiger partial charge is 0.543 e. The lowest BCUT2D eigenvalue weighted by Gasteiger charge is -2.36. The minimum atomic E-state index is -2.28. The van der Waals surface area contributed by atoms with Gasteiger partial charge in [0.1, 0.15) is 18.1 Å². The number of fused-ring (bicyclic) bond motifs is 1. The third-order valence-corrected chi connectivity index (χ3v) is 15.7. The van der Waals surface area contributed by atoms with Crippen molar-refractivity contribution < 1.29 is 18.8 Å². The monoisotopic (exact) mass is 484 g/mol. The van der Waals surface area contributed by atoms with E-state index in [1.165, 1.54) is 5.56 Å². The highest BCUT2D eigenvalue weighted by atomic mass is 28.4. The molecule has 0 spiro atoms. The molecule has 1 unspecified atom stereocenters. The molecule has 0 aromatic heterocycles. The van der Waals surface area contributed by atoms with Crippen LogP contribution in [0, 0.1) is 0 Å². The quantitative estimate of drug-likeness (QED) is 0.451. The van der Waals surface area contributed by atoms with E-state index in [1.54, 1.807) is 0 Å². The summed E-state index contributed by atoms with van der Waals surface area (Å²) >= 11 is 0. The topological polar surface area (TPSA) is 55.8 Å². The first-order valence-corrected chi connectivity index (χ1v) is 17.7. The Morgan fingerprint density at radius 3 is 2.15 bits per heavy atom. The molecule has 0 fully saturated rings. The SMILES string of the molecule is CC(C)(Cc1ccc(C2COc3cc(O[Si](C)(C)C(C)(C)C)ccc3C2=O)cc1)[Si](C)(C)O. The van der Waals surface area contributed by atoms with Gasteiger partial charge in [0.2, 0.25) is 8.32 Å². The highest BCUT2D eigenvalue weighted by Gasteiger charge is 2.40. The molecular weight excluding hydrogens is 444 g/mol. The molecule has 0 aliphatic carbocycles. The normalized spacial score (nSPS) is 17.4. The number of carbonyl (C=O) groups is 1. The third-order valence-electron chi connectivity index (χ3n) is 7.80. The summed E-state index contributed by atoms with van der Waals surface area (Å²) < 4.78 is 12.4.